The van der Waals surface area contributed by atoms with E-state index in [1.54, 1.807) is 0 Å². The summed E-state index contributed by atoms with van der Waals surface area (Å²) >= 11 is 0. The lowest BCUT2D eigenvalue weighted by atomic mass is 9.92. The van der Waals surface area contributed by atoms with Crippen LogP contribution in [0, 0.1) is 5.92 Å². The fourth-order valence-electron chi connectivity index (χ4n) is 3.79. The fraction of sp³-hybridized carbons (Fsp3) is 0.737. The summed E-state index contributed by atoms with van der Waals surface area (Å²) in [4.78, 5) is 25.5. The minimum atomic E-state index is 0.378. The summed E-state index contributed by atoms with van der Waals surface area (Å²) in [5.74, 6) is 2.01. The Kier molecular flexibility index (Phi) is 6.18. The van der Waals surface area contributed by atoms with E-state index in [2.05, 4.69) is 26.7 Å². The number of likely N-dealkylation sites (tertiary alicyclic amines) is 2. The van der Waals surface area contributed by atoms with Gasteiger partial charge in [0.05, 0.1) is 0 Å². The first kappa shape index (κ1) is 17.3. The summed E-state index contributed by atoms with van der Waals surface area (Å²) in [6.07, 6.45) is 11.4. The van der Waals surface area contributed by atoms with Gasteiger partial charge in [0.15, 0.2) is 0 Å². The van der Waals surface area contributed by atoms with E-state index in [1.807, 2.05) is 12.4 Å². The van der Waals surface area contributed by atoms with Crippen LogP contribution >= 0.6 is 0 Å². The van der Waals surface area contributed by atoms with Gasteiger partial charge in [0.25, 0.3) is 0 Å². The molecule has 132 valence electrons. The Labute approximate surface area is 145 Å². The van der Waals surface area contributed by atoms with Crippen LogP contribution in [0.4, 0.5) is 0 Å². The van der Waals surface area contributed by atoms with Crippen molar-refractivity contribution in [3.8, 4) is 0 Å². The molecule has 0 aliphatic carbocycles. The molecule has 3 heterocycles. The maximum absolute atomic E-state index is 12.1. The minimum Gasteiger partial charge on any atom is -0.343 e. The average molecular weight is 330 g/mol. The van der Waals surface area contributed by atoms with Crippen LogP contribution in [0.25, 0.3) is 0 Å². The Morgan fingerprint density at radius 2 is 1.79 bits per heavy atom. The van der Waals surface area contributed by atoms with Crippen LogP contribution in [0.1, 0.15) is 56.8 Å². The van der Waals surface area contributed by atoms with Gasteiger partial charge >= 0.3 is 0 Å². The van der Waals surface area contributed by atoms with Crippen molar-refractivity contribution in [2.75, 3.05) is 26.2 Å². The molecule has 2 saturated heterocycles. The molecule has 3 rings (SSSR count). The highest BCUT2D eigenvalue weighted by atomic mass is 16.2. The Balaban J connectivity index is 1.36. The third-order valence-electron chi connectivity index (χ3n) is 5.41. The van der Waals surface area contributed by atoms with Crippen molar-refractivity contribution in [1.29, 1.82) is 0 Å². The number of carbonyl (C=O) groups is 1. The smallest absolute Gasteiger partial charge is 0.222 e. The van der Waals surface area contributed by atoms with Crippen LogP contribution in [0.15, 0.2) is 12.4 Å². The number of rotatable bonds is 6. The first-order valence-electron chi connectivity index (χ1n) is 9.54. The highest BCUT2D eigenvalue weighted by molar-refractivity contribution is 5.76. The van der Waals surface area contributed by atoms with Crippen molar-refractivity contribution in [3.05, 3.63) is 23.8 Å². The van der Waals surface area contributed by atoms with Crippen LogP contribution in [0.2, 0.25) is 0 Å². The molecule has 0 spiro atoms. The topological polar surface area (TPSA) is 49.3 Å². The zero-order chi connectivity index (χ0) is 16.8. The fourth-order valence-corrected chi connectivity index (χ4v) is 3.79. The molecule has 0 saturated carbocycles. The summed E-state index contributed by atoms with van der Waals surface area (Å²) in [6.45, 7) is 7.24. The Hall–Kier alpha value is -1.49. The summed E-state index contributed by atoms with van der Waals surface area (Å²) in [6, 6.07) is 0. The maximum Gasteiger partial charge on any atom is 0.222 e. The van der Waals surface area contributed by atoms with Crippen LogP contribution in [0.5, 0.6) is 0 Å². The normalized spacial score (nSPS) is 19.8. The van der Waals surface area contributed by atoms with Gasteiger partial charge < -0.3 is 4.90 Å². The molecular weight excluding hydrogens is 300 g/mol. The number of hydrogen-bond acceptors (Lipinski definition) is 4. The third-order valence-corrected chi connectivity index (χ3v) is 5.41. The predicted octanol–water partition coefficient (Wildman–Crippen LogP) is 2.65. The number of nitrogens with zero attached hydrogens (tertiary/aromatic N) is 4. The zero-order valence-corrected chi connectivity index (χ0v) is 14.9. The predicted molar refractivity (Wildman–Crippen MR) is 94.5 cm³/mol. The zero-order valence-electron chi connectivity index (χ0n) is 14.9. The summed E-state index contributed by atoms with van der Waals surface area (Å²) in [5, 5.41) is 0. The summed E-state index contributed by atoms with van der Waals surface area (Å²) in [7, 11) is 0. The van der Waals surface area contributed by atoms with Gasteiger partial charge in [0.2, 0.25) is 5.91 Å². The monoisotopic (exact) mass is 330 g/mol. The van der Waals surface area contributed by atoms with Crippen LogP contribution < -0.4 is 0 Å². The molecular formula is C19H30N4O. The van der Waals surface area contributed by atoms with Crippen molar-refractivity contribution in [2.45, 2.75) is 58.4 Å². The number of amides is 1. The quantitative estimate of drug-likeness (QED) is 0.804. The van der Waals surface area contributed by atoms with E-state index in [-0.39, 0.29) is 0 Å². The first-order chi connectivity index (χ1) is 11.7. The van der Waals surface area contributed by atoms with Gasteiger partial charge in [0, 0.05) is 50.4 Å². The molecule has 0 bridgehead atoms. The van der Waals surface area contributed by atoms with Crippen LogP contribution in [-0.4, -0.2) is 51.9 Å². The lowest BCUT2D eigenvalue weighted by Gasteiger charge is -2.32. The summed E-state index contributed by atoms with van der Waals surface area (Å²) in [5.41, 5.74) is 1.20. The van der Waals surface area contributed by atoms with E-state index >= 15 is 0 Å². The molecule has 1 aromatic rings. The van der Waals surface area contributed by atoms with Crippen molar-refractivity contribution in [3.63, 3.8) is 0 Å². The molecule has 0 atom stereocenters. The number of aryl methyl sites for hydroxylation is 1. The highest BCUT2D eigenvalue weighted by Gasteiger charge is 2.22. The lowest BCUT2D eigenvalue weighted by Crippen LogP contribution is -2.34. The van der Waals surface area contributed by atoms with Crippen molar-refractivity contribution in [1.82, 2.24) is 19.8 Å². The largest absolute Gasteiger partial charge is 0.343 e. The Bertz CT molecular complexity index is 517. The molecule has 0 radical (unpaired) electrons. The molecule has 2 fully saturated rings. The molecule has 2 aliphatic heterocycles. The average Bonchev–Trinajstić information content (AvgIpc) is 3.16. The SMILES string of the molecule is CCc1ncc(CN2CCC(CCC(=O)N3CCCC3)CC2)cn1. The van der Waals surface area contributed by atoms with Gasteiger partial charge in [-0.3, -0.25) is 9.69 Å². The van der Waals surface area contributed by atoms with E-state index < -0.39 is 0 Å². The standard InChI is InChI=1S/C19H30N4O/c1-2-18-20-13-17(14-21-18)15-22-11-7-16(8-12-22)5-6-19(24)23-9-3-4-10-23/h13-14,16H,2-12,15H2,1H3. The lowest BCUT2D eigenvalue weighted by molar-refractivity contribution is -0.130. The van der Waals surface area contributed by atoms with Crippen LogP contribution in [0.3, 0.4) is 0 Å². The summed E-state index contributed by atoms with van der Waals surface area (Å²) < 4.78 is 0. The number of carbonyl (C=O) groups excluding carboxylic acids is 1. The molecule has 0 unspecified atom stereocenters. The minimum absolute atomic E-state index is 0.378. The second-order valence-corrected chi connectivity index (χ2v) is 7.21. The van der Waals surface area contributed by atoms with Gasteiger partial charge in [-0.05, 0) is 51.1 Å². The second-order valence-electron chi connectivity index (χ2n) is 7.21. The number of aromatic nitrogens is 2. The van der Waals surface area contributed by atoms with E-state index in [1.165, 1.54) is 31.2 Å². The first-order valence-corrected chi connectivity index (χ1v) is 9.54. The van der Waals surface area contributed by atoms with Gasteiger partial charge in [-0.25, -0.2) is 9.97 Å². The van der Waals surface area contributed by atoms with E-state index in [0.29, 0.717) is 11.8 Å². The molecule has 2 aliphatic rings. The van der Waals surface area contributed by atoms with Crippen molar-refractivity contribution >= 4 is 5.91 Å². The molecule has 1 amide bonds. The molecule has 1 aromatic heterocycles. The van der Waals surface area contributed by atoms with E-state index in [4.69, 9.17) is 0 Å². The Morgan fingerprint density at radius 3 is 2.42 bits per heavy atom. The van der Waals surface area contributed by atoms with Crippen molar-refractivity contribution in [2.24, 2.45) is 5.92 Å². The van der Waals surface area contributed by atoms with Gasteiger partial charge in [-0.1, -0.05) is 6.92 Å². The second kappa shape index (κ2) is 8.56. The molecule has 24 heavy (non-hydrogen) atoms. The Morgan fingerprint density at radius 1 is 1.12 bits per heavy atom. The molecule has 0 N–H and O–H groups in total. The van der Waals surface area contributed by atoms with E-state index in [9.17, 15) is 4.79 Å². The molecule has 5 heteroatoms. The molecule has 5 nitrogen and oxygen atoms in total. The van der Waals surface area contributed by atoms with Crippen LogP contribution in [-0.2, 0) is 17.8 Å². The highest BCUT2D eigenvalue weighted by Crippen LogP contribution is 2.24. The van der Waals surface area contributed by atoms with Gasteiger partial charge in [-0.15, -0.1) is 0 Å². The molecule has 0 aromatic carbocycles. The third kappa shape index (κ3) is 4.76. The number of hydrogen-bond donors (Lipinski definition) is 0. The van der Waals surface area contributed by atoms with Crippen molar-refractivity contribution < 1.29 is 4.79 Å². The van der Waals surface area contributed by atoms with Gasteiger partial charge in [0.1, 0.15) is 5.82 Å². The maximum atomic E-state index is 12.1. The number of piperidine rings is 1. The van der Waals surface area contributed by atoms with Gasteiger partial charge in [-0.2, -0.15) is 0 Å². The van der Waals surface area contributed by atoms with E-state index in [0.717, 1.165) is 57.8 Å².